The molecule has 1 aliphatic carbocycles. The highest BCUT2D eigenvalue weighted by molar-refractivity contribution is 5.71. The van der Waals surface area contributed by atoms with Crippen LogP contribution in [0.5, 0.6) is 0 Å². The van der Waals surface area contributed by atoms with E-state index < -0.39 is 18.1 Å². The van der Waals surface area contributed by atoms with Gasteiger partial charge >= 0.3 is 6.09 Å². The molecule has 0 spiro atoms. The normalized spacial score (nSPS) is 18.8. The predicted octanol–water partition coefficient (Wildman–Crippen LogP) is 3.08. The lowest BCUT2D eigenvalue weighted by Crippen LogP contribution is -2.35. The molecule has 1 fully saturated rings. The highest BCUT2D eigenvalue weighted by Crippen LogP contribution is 2.36. The number of hydrogen-bond acceptors (Lipinski definition) is 5. The number of amides is 1. The lowest BCUT2D eigenvalue weighted by atomic mass is 10.2. The zero-order valence-electron chi connectivity index (χ0n) is 14.4. The Morgan fingerprint density at radius 3 is 2.84 bits per heavy atom. The van der Waals surface area contributed by atoms with Crippen molar-refractivity contribution in [1.29, 1.82) is 0 Å². The molecular weight excluding hydrogens is 332 g/mol. The van der Waals surface area contributed by atoms with Gasteiger partial charge in [0.05, 0.1) is 11.7 Å². The lowest BCUT2D eigenvalue weighted by molar-refractivity contribution is 0.0292. The van der Waals surface area contributed by atoms with Crippen LogP contribution in [0.2, 0.25) is 0 Å². The van der Waals surface area contributed by atoms with Crippen LogP contribution in [-0.2, 0) is 4.74 Å². The first-order valence-electron chi connectivity index (χ1n) is 7.81. The topological polar surface area (TPSA) is 72.6 Å². The molecule has 0 bridgehead atoms. The van der Waals surface area contributed by atoms with Crippen LogP contribution in [0.1, 0.15) is 45.0 Å². The smallest absolute Gasteiger partial charge is 0.410 e. The van der Waals surface area contributed by atoms with Gasteiger partial charge in [-0.1, -0.05) is 0 Å². The van der Waals surface area contributed by atoms with E-state index in [2.05, 4.69) is 15.1 Å². The number of halogens is 2. The summed E-state index contributed by atoms with van der Waals surface area (Å²) in [5.41, 5.74) is 0.448. The van der Waals surface area contributed by atoms with Crippen molar-refractivity contribution in [3.05, 3.63) is 29.4 Å². The molecule has 1 atom stereocenters. The van der Waals surface area contributed by atoms with Crippen LogP contribution in [0.15, 0.2) is 18.0 Å². The molecule has 0 aromatic carbocycles. The monoisotopic (exact) mass is 351 g/mol. The minimum absolute atomic E-state index is 0.113. The maximum atomic E-state index is 13.0. The zero-order valence-corrected chi connectivity index (χ0v) is 14.4. The number of carbonyl (C=O) groups is 1. The summed E-state index contributed by atoms with van der Waals surface area (Å²) in [5, 5.41) is 4.00. The summed E-state index contributed by atoms with van der Waals surface area (Å²) in [4.78, 5) is 21.2. The first-order chi connectivity index (χ1) is 11.7. The van der Waals surface area contributed by atoms with E-state index >= 15 is 0 Å². The highest BCUT2D eigenvalue weighted by atomic mass is 19.3. The van der Waals surface area contributed by atoms with Crippen molar-refractivity contribution >= 4 is 17.9 Å². The third-order valence-corrected chi connectivity index (χ3v) is 3.70. The fourth-order valence-corrected chi connectivity index (χ4v) is 2.43. The summed E-state index contributed by atoms with van der Waals surface area (Å²) in [6, 6.07) is 1.17. The van der Waals surface area contributed by atoms with Crippen molar-refractivity contribution in [2.24, 2.45) is 0 Å². The largest absolute Gasteiger partial charge is 0.444 e. The van der Waals surface area contributed by atoms with Crippen molar-refractivity contribution < 1.29 is 18.3 Å². The van der Waals surface area contributed by atoms with Crippen LogP contribution < -0.4 is 0 Å². The molecule has 3 rings (SSSR count). The van der Waals surface area contributed by atoms with Crippen LogP contribution in [0, 0.1) is 0 Å². The molecule has 1 aliphatic rings. The van der Waals surface area contributed by atoms with E-state index in [1.54, 1.807) is 33.9 Å². The van der Waals surface area contributed by atoms with E-state index in [-0.39, 0.29) is 17.5 Å². The Morgan fingerprint density at radius 1 is 1.48 bits per heavy atom. The molecule has 0 unspecified atom stereocenters. The molecule has 9 heteroatoms. The van der Waals surface area contributed by atoms with Gasteiger partial charge in [0.2, 0.25) is 0 Å². The van der Waals surface area contributed by atoms with Crippen LogP contribution in [-0.4, -0.2) is 49.3 Å². The van der Waals surface area contributed by atoms with E-state index in [0.29, 0.717) is 12.1 Å². The first-order valence-corrected chi connectivity index (χ1v) is 7.81. The Bertz CT molecular complexity index is 841. The number of alkyl halides is 2. The summed E-state index contributed by atoms with van der Waals surface area (Å²) in [6.45, 7) is 5.39. The molecule has 134 valence electrons. The maximum absolute atomic E-state index is 13.0. The van der Waals surface area contributed by atoms with Crippen LogP contribution in [0.25, 0.3) is 11.9 Å². The van der Waals surface area contributed by atoms with E-state index in [0.717, 1.165) is 5.57 Å². The second-order valence-corrected chi connectivity index (χ2v) is 6.91. The minimum Gasteiger partial charge on any atom is -0.444 e. The number of hydrogen-bond donors (Lipinski definition) is 0. The second-order valence-electron chi connectivity index (χ2n) is 6.91. The number of fused-ring (bicyclic) bond motifs is 1. The van der Waals surface area contributed by atoms with Gasteiger partial charge in [0, 0.05) is 7.05 Å². The zero-order chi connectivity index (χ0) is 18.4. The van der Waals surface area contributed by atoms with Crippen molar-refractivity contribution in [1.82, 2.24) is 24.5 Å². The fourth-order valence-electron chi connectivity index (χ4n) is 2.43. The Hall–Kier alpha value is -2.58. The Kier molecular flexibility index (Phi) is 4.18. The summed E-state index contributed by atoms with van der Waals surface area (Å²) < 4.78 is 32.7. The molecule has 0 radical (unpaired) electrons. The molecule has 2 aromatic heterocycles. The lowest BCUT2D eigenvalue weighted by Gasteiger charge is -2.24. The second kappa shape index (κ2) is 6.05. The number of aromatic nitrogens is 4. The maximum Gasteiger partial charge on any atom is 0.410 e. The summed E-state index contributed by atoms with van der Waals surface area (Å²) in [5.74, 6) is 0.113. The molecule has 7 nitrogen and oxygen atoms in total. The predicted molar refractivity (Wildman–Crippen MR) is 86.1 cm³/mol. The standard InChI is InChI=1S/C16H19F2N5O2/c1-16(2,3)25-15(24)22(4)12-6-9(12)5-10-7-11(13(17)18)21-14-19-8-20-23(10)14/h5,7-8,12-13H,6H2,1-4H3/b9-5-/t12-/m0/s1. The van der Waals surface area contributed by atoms with Gasteiger partial charge in [0.1, 0.15) is 17.6 Å². The van der Waals surface area contributed by atoms with Crippen molar-refractivity contribution in [2.45, 2.75) is 45.3 Å². The van der Waals surface area contributed by atoms with E-state index in [1.165, 1.54) is 21.8 Å². The number of rotatable bonds is 3. The molecule has 0 N–H and O–H groups in total. The molecule has 2 heterocycles. The van der Waals surface area contributed by atoms with Gasteiger partial charge in [0.15, 0.2) is 0 Å². The molecule has 1 saturated carbocycles. The highest BCUT2D eigenvalue weighted by Gasteiger charge is 2.38. The van der Waals surface area contributed by atoms with Crippen LogP contribution >= 0.6 is 0 Å². The Morgan fingerprint density at radius 2 is 2.20 bits per heavy atom. The fraction of sp³-hybridized carbons (Fsp3) is 0.500. The van der Waals surface area contributed by atoms with Crippen LogP contribution in [0.4, 0.5) is 13.6 Å². The average Bonchev–Trinajstić information content (AvgIpc) is 3.08. The van der Waals surface area contributed by atoms with Gasteiger partial charge in [-0.3, -0.25) is 0 Å². The summed E-state index contributed by atoms with van der Waals surface area (Å²) >= 11 is 0. The molecule has 2 aromatic rings. The van der Waals surface area contributed by atoms with E-state index in [9.17, 15) is 13.6 Å². The van der Waals surface area contributed by atoms with Gasteiger partial charge in [-0.05, 0) is 44.9 Å². The molecule has 25 heavy (non-hydrogen) atoms. The number of ether oxygens (including phenoxy) is 1. The third kappa shape index (κ3) is 3.75. The van der Waals surface area contributed by atoms with Crippen molar-refractivity contribution in [3.8, 4) is 0 Å². The molecule has 0 saturated heterocycles. The van der Waals surface area contributed by atoms with Gasteiger partial charge in [0.25, 0.3) is 12.2 Å². The van der Waals surface area contributed by atoms with E-state index in [1.807, 2.05) is 0 Å². The molecular formula is C16H19F2N5O2. The number of carbonyl (C=O) groups excluding carboxylic acids is 1. The number of likely N-dealkylation sites (N-methyl/N-ethyl adjacent to an activating group) is 1. The van der Waals surface area contributed by atoms with Gasteiger partial charge in [-0.2, -0.15) is 14.6 Å². The van der Waals surface area contributed by atoms with Crippen molar-refractivity contribution in [3.63, 3.8) is 0 Å². The molecule has 0 aliphatic heterocycles. The van der Waals surface area contributed by atoms with Crippen molar-refractivity contribution in [2.75, 3.05) is 7.05 Å². The summed E-state index contributed by atoms with van der Waals surface area (Å²) in [6.07, 6.45) is 0.531. The third-order valence-electron chi connectivity index (χ3n) is 3.70. The van der Waals surface area contributed by atoms with Gasteiger partial charge in [-0.15, -0.1) is 0 Å². The van der Waals surface area contributed by atoms with Gasteiger partial charge in [-0.25, -0.2) is 18.6 Å². The minimum atomic E-state index is -2.70. The Balaban J connectivity index is 1.82. The molecule has 1 amide bonds. The van der Waals surface area contributed by atoms with Gasteiger partial charge < -0.3 is 9.64 Å². The SMILES string of the molecule is CN(C(=O)OC(C)(C)C)[C@H]1C/C1=C/c1cc(C(F)F)nc2ncnn12. The average molecular weight is 351 g/mol. The number of nitrogens with zero attached hydrogens (tertiary/aromatic N) is 5. The quantitative estimate of drug-likeness (QED) is 0.850. The summed E-state index contributed by atoms with van der Waals surface area (Å²) in [7, 11) is 1.65. The first kappa shape index (κ1) is 17.2. The van der Waals surface area contributed by atoms with E-state index in [4.69, 9.17) is 4.74 Å². The Labute approximate surface area is 143 Å². The van der Waals surface area contributed by atoms with Crippen LogP contribution in [0.3, 0.4) is 0 Å².